The number of aromatic amines is 1. The Kier molecular flexibility index (Phi) is 2.98. The standard InChI is InChI=1S/C13H15N5O/c1-8(19)14-12-3-2-10-4-9(5-11(10)7-12)6-13-15-17-18-16-13/h2-3,7,9H,4-6H2,1H3,(H,14,19)(H,15,16,17,18). The fourth-order valence-corrected chi connectivity index (χ4v) is 2.66. The highest BCUT2D eigenvalue weighted by Crippen LogP contribution is 2.30. The first-order chi connectivity index (χ1) is 9.20. The van der Waals surface area contributed by atoms with Crippen molar-refractivity contribution in [3.05, 3.63) is 35.2 Å². The highest BCUT2D eigenvalue weighted by atomic mass is 16.1. The minimum absolute atomic E-state index is 0.0405. The smallest absolute Gasteiger partial charge is 0.221 e. The van der Waals surface area contributed by atoms with Crippen LogP contribution in [0.4, 0.5) is 5.69 Å². The molecule has 6 nitrogen and oxygen atoms in total. The molecular weight excluding hydrogens is 242 g/mol. The van der Waals surface area contributed by atoms with Gasteiger partial charge in [0, 0.05) is 19.0 Å². The first-order valence-electron chi connectivity index (χ1n) is 6.32. The number of carbonyl (C=O) groups is 1. The number of nitrogens with one attached hydrogen (secondary N) is 2. The molecule has 0 fully saturated rings. The number of nitrogens with zero attached hydrogens (tertiary/aromatic N) is 3. The summed E-state index contributed by atoms with van der Waals surface area (Å²) in [5.74, 6) is 1.24. The summed E-state index contributed by atoms with van der Waals surface area (Å²) in [5.41, 5.74) is 3.52. The van der Waals surface area contributed by atoms with Crippen LogP contribution < -0.4 is 5.32 Å². The topological polar surface area (TPSA) is 83.6 Å². The molecule has 0 spiro atoms. The van der Waals surface area contributed by atoms with E-state index in [2.05, 4.69) is 38.1 Å². The van der Waals surface area contributed by atoms with Crippen molar-refractivity contribution in [2.24, 2.45) is 5.92 Å². The Morgan fingerprint density at radius 3 is 3.00 bits per heavy atom. The number of fused-ring (bicyclic) bond motifs is 1. The monoisotopic (exact) mass is 257 g/mol. The van der Waals surface area contributed by atoms with Gasteiger partial charge in [0.1, 0.15) is 0 Å². The van der Waals surface area contributed by atoms with Crippen molar-refractivity contribution in [3.63, 3.8) is 0 Å². The Bertz CT molecular complexity index is 593. The molecule has 98 valence electrons. The maximum atomic E-state index is 11.1. The molecule has 0 saturated carbocycles. The molecule has 6 heteroatoms. The van der Waals surface area contributed by atoms with Gasteiger partial charge in [0.25, 0.3) is 0 Å². The van der Waals surface area contributed by atoms with E-state index in [1.807, 2.05) is 6.07 Å². The zero-order valence-corrected chi connectivity index (χ0v) is 10.7. The summed E-state index contributed by atoms with van der Waals surface area (Å²) < 4.78 is 0. The summed E-state index contributed by atoms with van der Waals surface area (Å²) in [4.78, 5) is 11.1. The predicted molar refractivity (Wildman–Crippen MR) is 69.5 cm³/mol. The third-order valence-electron chi connectivity index (χ3n) is 3.40. The van der Waals surface area contributed by atoms with Crippen LogP contribution >= 0.6 is 0 Å². The molecule has 0 aliphatic heterocycles. The minimum atomic E-state index is -0.0405. The normalized spacial score (nSPS) is 17.2. The van der Waals surface area contributed by atoms with Gasteiger partial charge in [-0.05, 0) is 42.0 Å². The number of rotatable bonds is 3. The highest BCUT2D eigenvalue weighted by molar-refractivity contribution is 5.88. The maximum Gasteiger partial charge on any atom is 0.221 e. The molecule has 1 heterocycles. The summed E-state index contributed by atoms with van der Waals surface area (Å²) in [7, 11) is 0. The van der Waals surface area contributed by atoms with Gasteiger partial charge in [0.15, 0.2) is 5.82 Å². The number of benzene rings is 1. The third-order valence-corrected chi connectivity index (χ3v) is 3.40. The second-order valence-electron chi connectivity index (χ2n) is 4.97. The molecule has 0 bridgehead atoms. The van der Waals surface area contributed by atoms with E-state index in [9.17, 15) is 4.79 Å². The Morgan fingerprint density at radius 1 is 1.42 bits per heavy atom. The van der Waals surface area contributed by atoms with E-state index in [1.54, 1.807) is 0 Å². The van der Waals surface area contributed by atoms with Crippen molar-refractivity contribution in [2.75, 3.05) is 5.32 Å². The van der Waals surface area contributed by atoms with Crippen molar-refractivity contribution in [2.45, 2.75) is 26.2 Å². The summed E-state index contributed by atoms with van der Waals surface area (Å²) >= 11 is 0. The second-order valence-corrected chi connectivity index (χ2v) is 4.97. The molecule has 1 aliphatic carbocycles. The lowest BCUT2D eigenvalue weighted by atomic mass is 10.0. The van der Waals surface area contributed by atoms with Crippen LogP contribution in [0.3, 0.4) is 0 Å². The average molecular weight is 257 g/mol. The first-order valence-corrected chi connectivity index (χ1v) is 6.32. The quantitative estimate of drug-likeness (QED) is 0.863. The van der Waals surface area contributed by atoms with Crippen LogP contribution in [0.1, 0.15) is 23.9 Å². The van der Waals surface area contributed by atoms with Crippen LogP contribution in [-0.2, 0) is 24.1 Å². The molecule has 1 amide bonds. The molecule has 2 aromatic rings. The van der Waals surface area contributed by atoms with Crippen LogP contribution in [-0.4, -0.2) is 26.5 Å². The van der Waals surface area contributed by atoms with Crippen LogP contribution in [0.5, 0.6) is 0 Å². The molecule has 2 N–H and O–H groups in total. The van der Waals surface area contributed by atoms with Gasteiger partial charge in [-0.1, -0.05) is 11.3 Å². The number of hydrogen-bond donors (Lipinski definition) is 2. The molecule has 1 aromatic heterocycles. The van der Waals surface area contributed by atoms with Gasteiger partial charge >= 0.3 is 0 Å². The molecule has 3 rings (SSSR count). The van der Waals surface area contributed by atoms with E-state index in [1.165, 1.54) is 18.1 Å². The lowest BCUT2D eigenvalue weighted by molar-refractivity contribution is -0.114. The molecule has 1 aromatic carbocycles. The van der Waals surface area contributed by atoms with Gasteiger partial charge < -0.3 is 5.32 Å². The largest absolute Gasteiger partial charge is 0.326 e. The number of H-pyrrole nitrogens is 1. The lowest BCUT2D eigenvalue weighted by Gasteiger charge is -2.04. The molecule has 0 radical (unpaired) electrons. The van der Waals surface area contributed by atoms with Gasteiger partial charge in [-0.25, -0.2) is 0 Å². The highest BCUT2D eigenvalue weighted by Gasteiger charge is 2.23. The van der Waals surface area contributed by atoms with Crippen molar-refractivity contribution >= 4 is 11.6 Å². The maximum absolute atomic E-state index is 11.1. The van der Waals surface area contributed by atoms with Gasteiger partial charge in [0.05, 0.1) is 0 Å². The number of hydrogen-bond acceptors (Lipinski definition) is 4. The summed E-state index contributed by atoms with van der Waals surface area (Å²) in [6, 6.07) is 6.11. The Morgan fingerprint density at radius 2 is 2.26 bits per heavy atom. The fourth-order valence-electron chi connectivity index (χ4n) is 2.66. The number of carbonyl (C=O) groups excluding carboxylic acids is 1. The molecule has 1 atom stereocenters. The van der Waals surface area contributed by atoms with Gasteiger partial charge in [0.2, 0.25) is 5.91 Å². The molecule has 19 heavy (non-hydrogen) atoms. The second kappa shape index (κ2) is 4.79. The minimum Gasteiger partial charge on any atom is -0.326 e. The average Bonchev–Trinajstić information content (AvgIpc) is 2.97. The van der Waals surface area contributed by atoms with E-state index < -0.39 is 0 Å². The zero-order valence-electron chi connectivity index (χ0n) is 10.7. The molecule has 1 aliphatic rings. The summed E-state index contributed by atoms with van der Waals surface area (Å²) in [6.07, 6.45) is 2.86. The van der Waals surface area contributed by atoms with Gasteiger partial charge in [-0.15, -0.1) is 10.2 Å². The predicted octanol–water partition coefficient (Wildman–Crippen LogP) is 1.12. The molecule has 1 unspecified atom stereocenters. The van der Waals surface area contributed by atoms with Crippen molar-refractivity contribution in [1.29, 1.82) is 0 Å². The zero-order chi connectivity index (χ0) is 13.2. The van der Waals surface area contributed by atoms with Crippen LogP contribution in [0.15, 0.2) is 18.2 Å². The van der Waals surface area contributed by atoms with E-state index >= 15 is 0 Å². The van der Waals surface area contributed by atoms with E-state index in [0.717, 1.165) is 30.8 Å². The van der Waals surface area contributed by atoms with Crippen LogP contribution in [0, 0.1) is 5.92 Å². The van der Waals surface area contributed by atoms with E-state index in [-0.39, 0.29) is 5.91 Å². The van der Waals surface area contributed by atoms with Crippen molar-refractivity contribution in [1.82, 2.24) is 20.6 Å². The van der Waals surface area contributed by atoms with E-state index in [0.29, 0.717) is 5.92 Å². The van der Waals surface area contributed by atoms with E-state index in [4.69, 9.17) is 0 Å². The molecule has 0 saturated heterocycles. The Balaban J connectivity index is 1.71. The lowest BCUT2D eigenvalue weighted by Crippen LogP contribution is -2.06. The Hall–Kier alpha value is -2.24. The SMILES string of the molecule is CC(=O)Nc1ccc2c(c1)CC(Cc1nn[nH]n1)C2. The first kappa shape index (κ1) is 11.8. The third kappa shape index (κ3) is 2.62. The van der Waals surface area contributed by atoms with Gasteiger partial charge in [-0.3, -0.25) is 4.79 Å². The fraction of sp³-hybridized carbons (Fsp3) is 0.385. The Labute approximate surface area is 110 Å². The number of aromatic nitrogens is 4. The van der Waals surface area contributed by atoms with Crippen LogP contribution in [0.2, 0.25) is 0 Å². The molecular formula is C13H15N5O. The van der Waals surface area contributed by atoms with Gasteiger partial charge in [-0.2, -0.15) is 5.21 Å². The summed E-state index contributed by atoms with van der Waals surface area (Å²) in [6.45, 7) is 1.52. The summed E-state index contributed by atoms with van der Waals surface area (Å²) in [5, 5.41) is 16.9. The van der Waals surface area contributed by atoms with Crippen molar-refractivity contribution in [3.8, 4) is 0 Å². The van der Waals surface area contributed by atoms with Crippen molar-refractivity contribution < 1.29 is 4.79 Å². The van der Waals surface area contributed by atoms with Crippen LogP contribution in [0.25, 0.3) is 0 Å². The number of amides is 1. The number of tetrazole rings is 1. The number of anilines is 1.